The Kier molecular flexibility index (Phi) is 5.19. The Morgan fingerprint density at radius 1 is 1.36 bits per heavy atom. The fourth-order valence-electron chi connectivity index (χ4n) is 1.82. The topological polar surface area (TPSA) is 64.0 Å². The highest BCUT2D eigenvalue weighted by atomic mass is 19.1. The van der Waals surface area contributed by atoms with Crippen molar-refractivity contribution < 1.29 is 9.18 Å². The summed E-state index contributed by atoms with van der Waals surface area (Å²) < 4.78 is 14.2. The van der Waals surface area contributed by atoms with Gasteiger partial charge in [-0.15, -0.1) is 0 Å². The van der Waals surface area contributed by atoms with Crippen LogP contribution < -0.4 is 10.9 Å². The van der Waals surface area contributed by atoms with E-state index in [-0.39, 0.29) is 17.3 Å². The van der Waals surface area contributed by atoms with Gasteiger partial charge in [-0.1, -0.05) is 12.1 Å². The second-order valence-corrected chi connectivity index (χ2v) is 4.75. The Bertz CT molecular complexity index is 736. The molecule has 0 aliphatic heterocycles. The van der Waals surface area contributed by atoms with Crippen molar-refractivity contribution >= 4 is 12.0 Å². The second kappa shape index (κ2) is 7.31. The molecule has 0 unspecified atom stereocenters. The molecule has 0 fully saturated rings. The predicted octanol–water partition coefficient (Wildman–Crippen LogP) is 1.52. The van der Waals surface area contributed by atoms with Crippen LogP contribution in [0.15, 0.2) is 47.7 Å². The van der Waals surface area contributed by atoms with Gasteiger partial charge in [-0.05, 0) is 30.7 Å². The molecule has 22 heavy (non-hydrogen) atoms. The van der Waals surface area contributed by atoms with Crippen molar-refractivity contribution in [1.82, 2.24) is 14.9 Å². The molecule has 2 aromatic rings. The van der Waals surface area contributed by atoms with Gasteiger partial charge in [0, 0.05) is 30.9 Å². The summed E-state index contributed by atoms with van der Waals surface area (Å²) in [6.07, 6.45) is 5.90. The first-order chi connectivity index (χ1) is 10.6. The lowest BCUT2D eigenvalue weighted by Crippen LogP contribution is -2.30. The number of nitrogens with one attached hydrogen (secondary N) is 1. The zero-order chi connectivity index (χ0) is 15.9. The van der Waals surface area contributed by atoms with E-state index in [1.54, 1.807) is 25.1 Å². The Hall–Kier alpha value is -2.76. The van der Waals surface area contributed by atoms with E-state index in [1.807, 2.05) is 0 Å². The molecule has 0 saturated heterocycles. The van der Waals surface area contributed by atoms with Crippen molar-refractivity contribution in [1.29, 1.82) is 0 Å². The lowest BCUT2D eigenvalue weighted by Gasteiger charge is -2.06. The van der Waals surface area contributed by atoms with Gasteiger partial charge >= 0.3 is 0 Å². The molecule has 2 rings (SSSR count). The molecule has 0 saturated carbocycles. The van der Waals surface area contributed by atoms with Crippen molar-refractivity contribution in [2.45, 2.75) is 13.5 Å². The van der Waals surface area contributed by atoms with E-state index in [2.05, 4.69) is 10.3 Å². The first-order valence-corrected chi connectivity index (χ1v) is 6.79. The molecule has 0 aliphatic carbocycles. The number of aryl methyl sites for hydroxylation is 1. The average molecular weight is 301 g/mol. The number of nitrogens with zero attached hydrogens (tertiary/aromatic N) is 2. The van der Waals surface area contributed by atoms with Crippen LogP contribution in [0.1, 0.15) is 11.1 Å². The van der Waals surface area contributed by atoms with E-state index in [1.165, 1.54) is 35.3 Å². The molecule has 0 atom stereocenters. The predicted molar refractivity (Wildman–Crippen MR) is 81.7 cm³/mol. The third kappa shape index (κ3) is 4.37. The Labute approximate surface area is 127 Å². The molecule has 0 spiro atoms. The molecule has 1 N–H and O–H groups in total. The summed E-state index contributed by atoms with van der Waals surface area (Å²) in [4.78, 5) is 27.3. The van der Waals surface area contributed by atoms with Crippen molar-refractivity contribution in [3.63, 3.8) is 0 Å². The highest BCUT2D eigenvalue weighted by molar-refractivity contribution is 5.91. The lowest BCUT2D eigenvalue weighted by atomic mass is 10.2. The van der Waals surface area contributed by atoms with Gasteiger partial charge in [0.15, 0.2) is 0 Å². The molecule has 1 aromatic heterocycles. The van der Waals surface area contributed by atoms with Crippen molar-refractivity contribution in [2.75, 3.05) is 6.54 Å². The summed E-state index contributed by atoms with van der Waals surface area (Å²) in [7, 11) is 0. The molecule has 6 heteroatoms. The summed E-state index contributed by atoms with van der Waals surface area (Å²) in [5.74, 6) is -0.600. The molecule has 114 valence electrons. The van der Waals surface area contributed by atoms with Gasteiger partial charge in [0.25, 0.3) is 5.56 Å². The van der Waals surface area contributed by atoms with Crippen LogP contribution in [-0.2, 0) is 11.3 Å². The maximum absolute atomic E-state index is 12.7. The molecular formula is C16H16FN3O2. The zero-order valence-corrected chi connectivity index (χ0v) is 12.1. The Morgan fingerprint density at radius 3 is 2.82 bits per heavy atom. The van der Waals surface area contributed by atoms with E-state index >= 15 is 0 Å². The van der Waals surface area contributed by atoms with E-state index in [0.29, 0.717) is 18.7 Å². The van der Waals surface area contributed by atoms with Crippen LogP contribution in [0.5, 0.6) is 0 Å². The number of rotatable bonds is 5. The summed E-state index contributed by atoms with van der Waals surface area (Å²) in [6.45, 7) is 2.36. The maximum atomic E-state index is 12.7. The minimum absolute atomic E-state index is 0.119. The molecule has 5 nitrogen and oxygen atoms in total. The smallest absolute Gasteiger partial charge is 0.256 e. The van der Waals surface area contributed by atoms with E-state index in [9.17, 15) is 14.0 Å². The molecule has 1 aromatic carbocycles. The molecule has 0 radical (unpaired) electrons. The number of hydrogen-bond donors (Lipinski definition) is 1. The summed E-state index contributed by atoms with van der Waals surface area (Å²) in [5, 5.41) is 2.67. The van der Waals surface area contributed by atoms with Crippen LogP contribution >= 0.6 is 0 Å². The van der Waals surface area contributed by atoms with Gasteiger partial charge in [-0.2, -0.15) is 0 Å². The molecule has 0 aliphatic rings. The normalized spacial score (nSPS) is 10.8. The van der Waals surface area contributed by atoms with E-state index < -0.39 is 0 Å². The van der Waals surface area contributed by atoms with Crippen LogP contribution in [0.4, 0.5) is 4.39 Å². The second-order valence-electron chi connectivity index (χ2n) is 4.75. The highest BCUT2D eigenvalue weighted by Crippen LogP contribution is 2.04. The SMILES string of the molecule is Cc1cncn(CCNC(=O)/C=C/c2ccc(F)cc2)c1=O. The molecule has 0 bridgehead atoms. The molecular weight excluding hydrogens is 285 g/mol. The van der Waals surface area contributed by atoms with Gasteiger partial charge in [0.2, 0.25) is 5.91 Å². The number of aromatic nitrogens is 2. The lowest BCUT2D eigenvalue weighted by molar-refractivity contribution is -0.116. The van der Waals surface area contributed by atoms with E-state index in [4.69, 9.17) is 0 Å². The largest absolute Gasteiger partial charge is 0.351 e. The number of amides is 1. The number of carbonyl (C=O) groups excluding carboxylic acids is 1. The first kappa shape index (κ1) is 15.6. The number of carbonyl (C=O) groups is 1. The van der Waals surface area contributed by atoms with Gasteiger partial charge in [-0.3, -0.25) is 14.2 Å². The van der Waals surface area contributed by atoms with Gasteiger partial charge < -0.3 is 5.32 Å². The maximum Gasteiger partial charge on any atom is 0.256 e. The summed E-state index contributed by atoms with van der Waals surface area (Å²) in [5.41, 5.74) is 1.17. The fraction of sp³-hybridized carbons (Fsp3) is 0.188. The van der Waals surface area contributed by atoms with Crippen molar-refractivity contribution in [3.05, 3.63) is 70.2 Å². The van der Waals surface area contributed by atoms with Crippen LogP contribution in [0.3, 0.4) is 0 Å². The number of benzene rings is 1. The highest BCUT2D eigenvalue weighted by Gasteiger charge is 2.00. The van der Waals surface area contributed by atoms with Crippen molar-refractivity contribution in [2.24, 2.45) is 0 Å². The van der Waals surface area contributed by atoms with E-state index in [0.717, 1.165) is 5.56 Å². The van der Waals surface area contributed by atoms with Crippen LogP contribution in [0.2, 0.25) is 0 Å². The summed E-state index contributed by atoms with van der Waals surface area (Å²) >= 11 is 0. The minimum Gasteiger partial charge on any atom is -0.351 e. The van der Waals surface area contributed by atoms with Gasteiger partial charge in [0.1, 0.15) is 5.82 Å². The monoisotopic (exact) mass is 301 g/mol. The third-order valence-electron chi connectivity index (χ3n) is 3.02. The Morgan fingerprint density at radius 2 is 2.09 bits per heavy atom. The summed E-state index contributed by atoms with van der Waals surface area (Å²) in [6, 6.07) is 5.82. The average Bonchev–Trinajstić information content (AvgIpc) is 2.51. The van der Waals surface area contributed by atoms with Crippen LogP contribution in [0.25, 0.3) is 6.08 Å². The fourth-order valence-corrected chi connectivity index (χ4v) is 1.82. The first-order valence-electron chi connectivity index (χ1n) is 6.79. The molecule has 1 heterocycles. The Balaban J connectivity index is 1.84. The standard InChI is InChI=1S/C16H16FN3O2/c1-12-10-18-11-20(16(12)22)9-8-19-15(21)7-4-13-2-5-14(17)6-3-13/h2-7,10-11H,8-9H2,1H3,(H,19,21)/b7-4+. The van der Waals surface area contributed by atoms with Gasteiger partial charge in [-0.25, -0.2) is 9.37 Å². The number of hydrogen-bond acceptors (Lipinski definition) is 3. The van der Waals surface area contributed by atoms with Gasteiger partial charge in [0.05, 0.1) is 6.33 Å². The van der Waals surface area contributed by atoms with Crippen LogP contribution in [-0.4, -0.2) is 22.0 Å². The van der Waals surface area contributed by atoms with Crippen LogP contribution in [0, 0.1) is 12.7 Å². The quantitative estimate of drug-likeness (QED) is 0.852. The van der Waals surface area contributed by atoms with Crippen molar-refractivity contribution in [3.8, 4) is 0 Å². The zero-order valence-electron chi connectivity index (χ0n) is 12.1. The molecule has 1 amide bonds. The number of halogens is 1. The third-order valence-corrected chi connectivity index (χ3v) is 3.02. The minimum atomic E-state index is -0.321.